The molecule has 1 atom stereocenters. The molecule has 0 aliphatic carbocycles. The number of likely N-dealkylation sites (N-methyl/N-ethyl adjacent to an activating group) is 1. The largest absolute Gasteiger partial charge is 0.406 e. The fraction of sp³-hybridized carbons (Fsp3) is 0.440. The molecule has 1 fully saturated rings. The predicted molar refractivity (Wildman–Crippen MR) is 129 cm³/mol. The molecule has 1 N–H and O–H groups in total. The fourth-order valence-corrected chi connectivity index (χ4v) is 4.80. The van der Waals surface area contributed by atoms with Crippen molar-refractivity contribution in [1.29, 1.82) is 0 Å². The summed E-state index contributed by atoms with van der Waals surface area (Å²) in [5, 5.41) is 8.75. The lowest BCUT2D eigenvalue weighted by molar-refractivity contribution is -0.158. The summed E-state index contributed by atoms with van der Waals surface area (Å²) < 4.78 is 45.6. The molecule has 2 aliphatic heterocycles. The molecule has 0 radical (unpaired) electrons. The lowest BCUT2D eigenvalue weighted by Gasteiger charge is -2.23. The zero-order valence-corrected chi connectivity index (χ0v) is 20.5. The summed E-state index contributed by atoms with van der Waals surface area (Å²) in [6.07, 6.45) is -0.0102. The molecule has 5 rings (SSSR count). The predicted octanol–water partition coefficient (Wildman–Crippen LogP) is 4.16. The van der Waals surface area contributed by atoms with Crippen molar-refractivity contribution in [2.24, 2.45) is 0 Å². The summed E-state index contributed by atoms with van der Waals surface area (Å²) in [4.78, 5) is 31.9. The van der Waals surface area contributed by atoms with Gasteiger partial charge in [0.15, 0.2) is 11.9 Å². The number of carbonyl (C=O) groups excluding carboxylic acids is 2. The van der Waals surface area contributed by atoms with Gasteiger partial charge >= 0.3 is 6.18 Å². The minimum atomic E-state index is -4.51. The molecule has 1 aromatic carbocycles. The number of amides is 2. The van der Waals surface area contributed by atoms with E-state index < -0.39 is 31.1 Å². The van der Waals surface area contributed by atoms with Gasteiger partial charge in [-0.3, -0.25) is 9.59 Å². The topological polar surface area (TPSA) is 92.6 Å². The van der Waals surface area contributed by atoms with Crippen LogP contribution in [0.25, 0.3) is 11.0 Å². The average Bonchev–Trinajstić information content (AvgIpc) is 3.35. The van der Waals surface area contributed by atoms with Crippen LogP contribution in [0.1, 0.15) is 47.1 Å². The monoisotopic (exact) mass is 516 g/mol. The third kappa shape index (κ3) is 5.10. The minimum Gasteiger partial charge on any atom is -0.356 e. The number of anilines is 2. The molecule has 2 aromatic heterocycles. The lowest BCUT2D eigenvalue weighted by Crippen LogP contribution is -2.42. The summed E-state index contributed by atoms with van der Waals surface area (Å²) in [6.45, 7) is 0.932. The van der Waals surface area contributed by atoms with Crippen LogP contribution in [-0.2, 0) is 16.1 Å². The number of aromatic nitrogens is 3. The van der Waals surface area contributed by atoms with E-state index in [0.717, 1.165) is 43.0 Å². The van der Waals surface area contributed by atoms with Gasteiger partial charge in [-0.15, -0.1) is 0 Å². The van der Waals surface area contributed by atoms with Crippen LogP contribution in [0.3, 0.4) is 0 Å². The molecule has 1 unspecified atom stereocenters. The molecule has 0 bridgehead atoms. The van der Waals surface area contributed by atoms with Gasteiger partial charge in [-0.2, -0.15) is 18.3 Å². The van der Waals surface area contributed by atoms with E-state index in [0.29, 0.717) is 34.0 Å². The Hall–Kier alpha value is -3.67. The van der Waals surface area contributed by atoms with E-state index >= 15 is 0 Å². The van der Waals surface area contributed by atoms with Crippen molar-refractivity contribution in [2.45, 2.75) is 45.1 Å². The number of rotatable bonds is 6. The number of carbonyl (C=O) groups is 2. The van der Waals surface area contributed by atoms with Crippen LogP contribution >= 0.6 is 0 Å². The quantitative estimate of drug-likeness (QED) is 0.529. The van der Waals surface area contributed by atoms with Crippen molar-refractivity contribution >= 4 is 34.2 Å². The summed E-state index contributed by atoms with van der Waals surface area (Å²) in [5.41, 5.74) is 3.79. The number of halogens is 3. The van der Waals surface area contributed by atoms with Crippen LogP contribution in [0, 0.1) is 6.92 Å². The molecule has 9 nitrogen and oxygen atoms in total. The molecule has 37 heavy (non-hydrogen) atoms. The van der Waals surface area contributed by atoms with Crippen LogP contribution < -0.4 is 5.32 Å². The molecule has 0 spiro atoms. The maximum Gasteiger partial charge on any atom is 0.406 e. The van der Waals surface area contributed by atoms with Crippen LogP contribution in [0.15, 0.2) is 30.5 Å². The van der Waals surface area contributed by atoms with Gasteiger partial charge < -0.3 is 19.9 Å². The van der Waals surface area contributed by atoms with Gasteiger partial charge in [0.2, 0.25) is 5.91 Å². The number of pyridine rings is 1. The highest BCUT2D eigenvalue weighted by atomic mass is 19.4. The number of nitrogens with one attached hydrogen (secondary N) is 1. The van der Waals surface area contributed by atoms with Gasteiger partial charge in [0.25, 0.3) is 5.91 Å². The van der Waals surface area contributed by atoms with Gasteiger partial charge in [0, 0.05) is 25.6 Å². The molecule has 196 valence electrons. The Labute approximate surface area is 211 Å². The SMILES string of the molecule is Cc1nn(C2CCCCO2)c2ncc(Nc3cccc4c3C(=O)N(CC(=O)N(C)CC(F)(F)F)C4)cc12. The first-order chi connectivity index (χ1) is 17.6. The molecular formula is C25H27F3N6O3. The maximum atomic E-state index is 13.1. The van der Waals surface area contributed by atoms with E-state index in [1.807, 2.05) is 17.7 Å². The number of ether oxygens (including phenoxy) is 1. The summed E-state index contributed by atoms with van der Waals surface area (Å²) in [5.74, 6) is -1.20. The standard InChI is InChI=1S/C25H27F3N6O3/c1-15-18-10-17(11-29-23(18)34(31-15)21-8-3-4-9-37-21)30-19-7-5-6-16-12-33(24(36)22(16)19)13-20(35)32(2)14-25(26,27)28/h5-7,10-11,21,30H,3-4,8-9,12-14H2,1-2H3. The Balaban J connectivity index is 1.35. The number of benzene rings is 1. The van der Waals surface area contributed by atoms with Crippen molar-refractivity contribution in [1.82, 2.24) is 24.6 Å². The highest BCUT2D eigenvalue weighted by molar-refractivity contribution is 6.05. The van der Waals surface area contributed by atoms with Gasteiger partial charge in [-0.1, -0.05) is 12.1 Å². The molecule has 4 heterocycles. The molecule has 12 heteroatoms. The van der Waals surface area contributed by atoms with Crippen LogP contribution in [0.2, 0.25) is 0 Å². The van der Waals surface area contributed by atoms with Gasteiger partial charge in [0.05, 0.1) is 28.8 Å². The van der Waals surface area contributed by atoms with E-state index in [1.54, 1.807) is 24.4 Å². The number of nitrogens with zero attached hydrogens (tertiary/aromatic N) is 5. The van der Waals surface area contributed by atoms with Crippen molar-refractivity contribution in [2.75, 3.05) is 32.1 Å². The minimum absolute atomic E-state index is 0.139. The molecule has 2 aliphatic rings. The zero-order valence-electron chi connectivity index (χ0n) is 20.5. The second-order valence-corrected chi connectivity index (χ2v) is 9.44. The third-order valence-electron chi connectivity index (χ3n) is 6.62. The number of hydrogen-bond acceptors (Lipinski definition) is 6. The molecule has 1 saturated heterocycles. The van der Waals surface area contributed by atoms with E-state index in [1.165, 1.54) is 4.90 Å². The number of fused-ring (bicyclic) bond motifs is 2. The van der Waals surface area contributed by atoms with Crippen molar-refractivity contribution in [3.05, 3.63) is 47.3 Å². The van der Waals surface area contributed by atoms with Crippen molar-refractivity contribution < 1.29 is 27.5 Å². The smallest absolute Gasteiger partial charge is 0.356 e. The molecule has 2 amide bonds. The van der Waals surface area contributed by atoms with Gasteiger partial charge in [-0.25, -0.2) is 9.67 Å². The zero-order chi connectivity index (χ0) is 26.3. The Morgan fingerprint density at radius 2 is 2.11 bits per heavy atom. The van der Waals surface area contributed by atoms with E-state index in [4.69, 9.17) is 4.74 Å². The Morgan fingerprint density at radius 3 is 2.84 bits per heavy atom. The van der Waals surface area contributed by atoms with Gasteiger partial charge in [-0.05, 0) is 43.9 Å². The molecule has 3 aromatic rings. The second-order valence-electron chi connectivity index (χ2n) is 9.44. The number of aryl methyl sites for hydroxylation is 1. The van der Waals surface area contributed by atoms with Gasteiger partial charge in [0.1, 0.15) is 13.1 Å². The van der Waals surface area contributed by atoms with Crippen LogP contribution in [0.5, 0.6) is 0 Å². The lowest BCUT2D eigenvalue weighted by atomic mass is 10.1. The van der Waals surface area contributed by atoms with Crippen LogP contribution in [-0.4, -0.2) is 69.3 Å². The summed E-state index contributed by atoms with van der Waals surface area (Å²) in [7, 11) is 1.07. The Kier molecular flexibility index (Phi) is 6.52. The van der Waals surface area contributed by atoms with E-state index in [9.17, 15) is 22.8 Å². The highest BCUT2D eigenvalue weighted by Crippen LogP contribution is 2.33. The first-order valence-electron chi connectivity index (χ1n) is 12.1. The number of hydrogen-bond donors (Lipinski definition) is 1. The third-order valence-corrected chi connectivity index (χ3v) is 6.62. The normalized spacial score (nSPS) is 17.8. The maximum absolute atomic E-state index is 13.1. The number of alkyl halides is 3. The first-order valence-corrected chi connectivity index (χ1v) is 12.1. The van der Waals surface area contributed by atoms with Crippen molar-refractivity contribution in [3.63, 3.8) is 0 Å². The van der Waals surface area contributed by atoms with Crippen molar-refractivity contribution in [3.8, 4) is 0 Å². The Morgan fingerprint density at radius 1 is 1.30 bits per heavy atom. The second kappa shape index (κ2) is 9.66. The van der Waals surface area contributed by atoms with Crippen LogP contribution in [0.4, 0.5) is 24.5 Å². The highest BCUT2D eigenvalue weighted by Gasteiger charge is 2.35. The Bertz CT molecular complexity index is 1350. The summed E-state index contributed by atoms with van der Waals surface area (Å²) >= 11 is 0. The fourth-order valence-electron chi connectivity index (χ4n) is 4.80. The molecule has 0 saturated carbocycles. The van der Waals surface area contributed by atoms with E-state index in [-0.39, 0.29) is 12.8 Å². The first kappa shape index (κ1) is 25.0. The molecular weight excluding hydrogens is 489 g/mol. The summed E-state index contributed by atoms with van der Waals surface area (Å²) in [6, 6.07) is 7.21. The van der Waals surface area contributed by atoms with E-state index in [2.05, 4.69) is 15.4 Å². The average molecular weight is 517 g/mol.